The van der Waals surface area contributed by atoms with Crippen LogP contribution in [-0.2, 0) is 11.4 Å². The number of nitrogens with zero attached hydrogens (tertiary/aromatic N) is 1. The van der Waals surface area contributed by atoms with Crippen LogP contribution >= 0.6 is 35.6 Å². The number of carbonyl (C=O) groups excluding carboxylic acids is 2. The number of carbonyl (C=O) groups is 2. The highest BCUT2D eigenvalue weighted by atomic mass is 35.5. The van der Waals surface area contributed by atoms with Gasteiger partial charge in [-0.2, -0.15) is 5.01 Å². The predicted molar refractivity (Wildman–Crippen MR) is 147 cm³/mol. The zero-order valence-electron chi connectivity index (χ0n) is 19.6. The molecule has 0 bridgehead atoms. The standard InChI is InChI=1S/C27H23ClN2O4S2/c1-3-33-23-14-19(10-13-22(23)34-16-18-8-11-20(28)12-9-18)15-24-26(32)30(27(35)36-24)29-25(31)21-7-5-4-6-17(21)2/h4-15H,3,16H2,1-2H3,(H,29,31)/b24-15-. The molecule has 1 aliphatic rings. The van der Waals surface area contributed by atoms with Gasteiger partial charge in [0.05, 0.1) is 11.5 Å². The number of thiocarbonyl (C=S) groups is 1. The molecule has 3 aromatic carbocycles. The van der Waals surface area contributed by atoms with Gasteiger partial charge in [-0.05, 0) is 79.2 Å². The third-order valence-corrected chi connectivity index (χ3v) is 6.82. The van der Waals surface area contributed by atoms with Gasteiger partial charge in [0.2, 0.25) is 0 Å². The van der Waals surface area contributed by atoms with Crippen molar-refractivity contribution in [2.24, 2.45) is 0 Å². The summed E-state index contributed by atoms with van der Waals surface area (Å²) in [4.78, 5) is 26.1. The van der Waals surface area contributed by atoms with Crippen molar-refractivity contribution in [3.63, 3.8) is 0 Å². The lowest BCUT2D eigenvalue weighted by atomic mass is 10.1. The number of ether oxygens (including phenoxy) is 2. The van der Waals surface area contributed by atoms with E-state index in [2.05, 4.69) is 5.43 Å². The van der Waals surface area contributed by atoms with Crippen LogP contribution in [-0.4, -0.2) is 27.8 Å². The predicted octanol–water partition coefficient (Wildman–Crippen LogP) is 6.17. The van der Waals surface area contributed by atoms with Crippen molar-refractivity contribution in [1.29, 1.82) is 0 Å². The van der Waals surface area contributed by atoms with Gasteiger partial charge in [0.25, 0.3) is 11.8 Å². The fourth-order valence-corrected chi connectivity index (χ4v) is 4.75. The van der Waals surface area contributed by atoms with Crippen molar-refractivity contribution < 1.29 is 19.1 Å². The Labute approximate surface area is 224 Å². The van der Waals surface area contributed by atoms with Gasteiger partial charge in [-0.1, -0.05) is 59.8 Å². The molecule has 0 radical (unpaired) electrons. The van der Waals surface area contributed by atoms with Gasteiger partial charge in [-0.15, -0.1) is 0 Å². The molecule has 1 saturated heterocycles. The van der Waals surface area contributed by atoms with E-state index in [0.717, 1.165) is 33.5 Å². The average Bonchev–Trinajstić information content (AvgIpc) is 3.12. The van der Waals surface area contributed by atoms with Gasteiger partial charge in [0.15, 0.2) is 15.8 Å². The summed E-state index contributed by atoms with van der Waals surface area (Å²) in [6, 6.07) is 20.0. The van der Waals surface area contributed by atoms with E-state index in [1.807, 2.05) is 56.3 Å². The van der Waals surface area contributed by atoms with Crippen molar-refractivity contribution in [1.82, 2.24) is 10.4 Å². The number of amides is 2. The molecule has 6 nitrogen and oxygen atoms in total. The number of halogens is 1. The van der Waals surface area contributed by atoms with Crippen molar-refractivity contribution in [3.05, 3.63) is 98.9 Å². The molecule has 1 N–H and O–H groups in total. The first-order chi connectivity index (χ1) is 17.4. The number of hydrogen-bond donors (Lipinski definition) is 1. The van der Waals surface area contributed by atoms with Crippen LogP contribution in [0.25, 0.3) is 6.08 Å². The summed E-state index contributed by atoms with van der Waals surface area (Å²) < 4.78 is 12.0. The lowest BCUT2D eigenvalue weighted by molar-refractivity contribution is -0.123. The molecular weight excluding hydrogens is 516 g/mol. The normalized spacial score (nSPS) is 14.3. The largest absolute Gasteiger partial charge is 0.490 e. The SMILES string of the molecule is CCOc1cc(/C=C2\SC(=S)N(NC(=O)c3ccccc3C)C2=O)ccc1OCc1ccc(Cl)cc1. The van der Waals surface area contributed by atoms with E-state index in [1.54, 1.807) is 30.3 Å². The van der Waals surface area contributed by atoms with Gasteiger partial charge in [0.1, 0.15) is 6.61 Å². The van der Waals surface area contributed by atoms with E-state index in [-0.39, 0.29) is 4.32 Å². The quantitative estimate of drug-likeness (QED) is 0.273. The van der Waals surface area contributed by atoms with Crippen molar-refractivity contribution >= 4 is 57.8 Å². The molecule has 2 amide bonds. The molecule has 0 aliphatic carbocycles. The highest BCUT2D eigenvalue weighted by molar-refractivity contribution is 8.26. The van der Waals surface area contributed by atoms with E-state index in [4.69, 9.17) is 33.3 Å². The molecule has 1 heterocycles. The monoisotopic (exact) mass is 538 g/mol. The molecule has 0 atom stereocenters. The second kappa shape index (κ2) is 11.6. The van der Waals surface area contributed by atoms with Crippen LogP contribution in [0, 0.1) is 6.92 Å². The highest BCUT2D eigenvalue weighted by Crippen LogP contribution is 2.34. The lowest BCUT2D eigenvalue weighted by Gasteiger charge is -2.16. The molecule has 1 aliphatic heterocycles. The van der Waals surface area contributed by atoms with Crippen LogP contribution in [0.15, 0.2) is 71.6 Å². The van der Waals surface area contributed by atoms with Crippen LogP contribution in [0.5, 0.6) is 11.5 Å². The molecule has 36 heavy (non-hydrogen) atoms. The molecule has 1 fully saturated rings. The smallest absolute Gasteiger partial charge is 0.285 e. The van der Waals surface area contributed by atoms with E-state index < -0.39 is 11.8 Å². The second-order valence-corrected chi connectivity index (χ2v) is 9.94. The fraction of sp³-hybridized carbons (Fsp3) is 0.148. The minimum atomic E-state index is -0.397. The van der Waals surface area contributed by atoms with Crippen molar-refractivity contribution in [3.8, 4) is 11.5 Å². The van der Waals surface area contributed by atoms with Crippen LogP contribution in [0.2, 0.25) is 5.02 Å². The fourth-order valence-electron chi connectivity index (χ4n) is 3.45. The molecule has 3 aromatic rings. The van der Waals surface area contributed by atoms with Gasteiger partial charge in [-0.25, -0.2) is 0 Å². The number of rotatable bonds is 8. The molecule has 0 spiro atoms. The van der Waals surface area contributed by atoms with Gasteiger partial charge in [-0.3, -0.25) is 15.0 Å². The Morgan fingerprint density at radius 3 is 2.56 bits per heavy atom. The zero-order valence-corrected chi connectivity index (χ0v) is 22.0. The number of hydrazine groups is 1. The van der Waals surface area contributed by atoms with E-state index in [0.29, 0.717) is 40.2 Å². The minimum absolute atomic E-state index is 0.251. The Kier molecular flexibility index (Phi) is 8.30. The van der Waals surface area contributed by atoms with Gasteiger partial charge < -0.3 is 9.47 Å². The maximum absolute atomic E-state index is 13.0. The van der Waals surface area contributed by atoms with Crippen LogP contribution in [0.4, 0.5) is 0 Å². The summed E-state index contributed by atoms with van der Waals surface area (Å²) in [5.74, 6) is 0.352. The Morgan fingerprint density at radius 1 is 1.08 bits per heavy atom. The van der Waals surface area contributed by atoms with Crippen molar-refractivity contribution in [2.75, 3.05) is 6.61 Å². The topological polar surface area (TPSA) is 67.9 Å². The van der Waals surface area contributed by atoms with E-state index >= 15 is 0 Å². The first kappa shape index (κ1) is 25.8. The molecule has 184 valence electrons. The zero-order chi connectivity index (χ0) is 25.7. The van der Waals surface area contributed by atoms with Gasteiger partial charge >= 0.3 is 0 Å². The summed E-state index contributed by atoms with van der Waals surface area (Å²) in [5.41, 5.74) is 5.61. The minimum Gasteiger partial charge on any atom is -0.490 e. The van der Waals surface area contributed by atoms with Crippen LogP contribution < -0.4 is 14.9 Å². The van der Waals surface area contributed by atoms with E-state index in [9.17, 15) is 9.59 Å². The number of aryl methyl sites for hydroxylation is 1. The Bertz CT molecular complexity index is 1340. The maximum Gasteiger partial charge on any atom is 0.285 e. The van der Waals surface area contributed by atoms with Crippen molar-refractivity contribution in [2.45, 2.75) is 20.5 Å². The average molecular weight is 539 g/mol. The Morgan fingerprint density at radius 2 is 1.83 bits per heavy atom. The molecule has 0 aromatic heterocycles. The Hall–Kier alpha value is -3.33. The summed E-state index contributed by atoms with van der Waals surface area (Å²) >= 11 is 12.4. The molecule has 4 rings (SSSR count). The summed E-state index contributed by atoms with van der Waals surface area (Å²) in [7, 11) is 0. The summed E-state index contributed by atoms with van der Waals surface area (Å²) in [6.45, 7) is 4.53. The molecule has 0 unspecified atom stereocenters. The number of thioether (sulfide) groups is 1. The third-order valence-electron chi connectivity index (χ3n) is 5.27. The highest BCUT2D eigenvalue weighted by Gasteiger charge is 2.34. The Balaban J connectivity index is 1.49. The molecule has 0 saturated carbocycles. The summed E-state index contributed by atoms with van der Waals surface area (Å²) in [5, 5.41) is 1.77. The molecule has 9 heteroatoms. The van der Waals surface area contributed by atoms with E-state index in [1.165, 1.54) is 0 Å². The van der Waals surface area contributed by atoms with Crippen LogP contribution in [0.1, 0.15) is 34.0 Å². The number of hydrogen-bond acceptors (Lipinski definition) is 6. The molecular formula is C27H23ClN2O4S2. The first-order valence-corrected chi connectivity index (χ1v) is 12.7. The lowest BCUT2D eigenvalue weighted by Crippen LogP contribution is -2.45. The third kappa shape index (κ3) is 6.07. The maximum atomic E-state index is 13.0. The van der Waals surface area contributed by atoms with Gasteiger partial charge in [0, 0.05) is 10.6 Å². The number of benzene rings is 3. The van der Waals surface area contributed by atoms with Crippen LogP contribution in [0.3, 0.4) is 0 Å². The summed E-state index contributed by atoms with van der Waals surface area (Å²) in [6.07, 6.45) is 1.71. The second-order valence-electron chi connectivity index (χ2n) is 7.83. The number of nitrogens with one attached hydrogen (secondary N) is 1. The first-order valence-electron chi connectivity index (χ1n) is 11.1.